The summed E-state index contributed by atoms with van der Waals surface area (Å²) in [5.41, 5.74) is 1.03. The maximum Gasteiger partial charge on any atom is 0.263 e. The van der Waals surface area contributed by atoms with Gasteiger partial charge >= 0.3 is 0 Å². The smallest absolute Gasteiger partial charge is 0.263 e. The van der Waals surface area contributed by atoms with Gasteiger partial charge in [-0.1, -0.05) is 6.07 Å². The van der Waals surface area contributed by atoms with Crippen molar-refractivity contribution < 1.29 is 22.7 Å². The number of ether oxygens (including phenoxy) is 2. The molecule has 1 fully saturated rings. The summed E-state index contributed by atoms with van der Waals surface area (Å²) in [6.07, 6.45) is -0.229. The average Bonchev–Trinajstić information content (AvgIpc) is 2.89. The number of nitrogens with zero attached hydrogens (tertiary/aromatic N) is 1. The fourth-order valence-electron chi connectivity index (χ4n) is 2.96. The SMILES string of the molecule is CCN(C(=O)[C@@H](C)Oc1ccc(C)cc1OC)[C@H]1CCS(=O)(=O)C1. The number of likely N-dealkylation sites (N-methyl/N-ethyl adjacent to an activating group) is 1. The Labute approximate surface area is 143 Å². The number of methoxy groups -OCH3 is 1. The van der Waals surface area contributed by atoms with Crippen molar-refractivity contribution in [1.82, 2.24) is 4.90 Å². The second-order valence-electron chi connectivity index (χ2n) is 6.10. The highest BCUT2D eigenvalue weighted by molar-refractivity contribution is 7.91. The van der Waals surface area contributed by atoms with Gasteiger partial charge in [-0.2, -0.15) is 0 Å². The third-order valence-electron chi connectivity index (χ3n) is 4.24. The fraction of sp³-hybridized carbons (Fsp3) is 0.588. The van der Waals surface area contributed by atoms with E-state index in [0.717, 1.165) is 5.56 Å². The van der Waals surface area contributed by atoms with E-state index in [1.54, 1.807) is 25.0 Å². The Morgan fingerprint density at radius 1 is 1.38 bits per heavy atom. The number of carbonyl (C=O) groups is 1. The van der Waals surface area contributed by atoms with Crippen molar-refractivity contribution in [1.29, 1.82) is 0 Å². The third kappa shape index (κ3) is 4.20. The quantitative estimate of drug-likeness (QED) is 0.778. The number of rotatable bonds is 6. The second kappa shape index (κ2) is 7.42. The number of aryl methyl sites for hydroxylation is 1. The Bertz CT molecular complexity index is 701. The summed E-state index contributed by atoms with van der Waals surface area (Å²) < 4.78 is 34.4. The number of hydrogen-bond donors (Lipinski definition) is 0. The molecule has 1 aliphatic rings. The predicted octanol–water partition coefficient (Wildman–Crippen LogP) is 1.81. The highest BCUT2D eigenvalue weighted by Gasteiger charge is 2.35. The van der Waals surface area contributed by atoms with Gasteiger partial charge in [0.25, 0.3) is 5.91 Å². The first-order valence-electron chi connectivity index (χ1n) is 8.09. The zero-order chi connectivity index (χ0) is 17.9. The van der Waals surface area contributed by atoms with Crippen LogP contribution in [0.4, 0.5) is 0 Å². The maximum absolute atomic E-state index is 12.7. The van der Waals surface area contributed by atoms with E-state index in [-0.39, 0.29) is 23.5 Å². The van der Waals surface area contributed by atoms with Crippen LogP contribution in [0, 0.1) is 6.92 Å². The molecule has 2 rings (SSSR count). The van der Waals surface area contributed by atoms with Crippen LogP contribution < -0.4 is 9.47 Å². The van der Waals surface area contributed by atoms with E-state index in [0.29, 0.717) is 24.5 Å². The van der Waals surface area contributed by atoms with Gasteiger partial charge in [-0.15, -0.1) is 0 Å². The van der Waals surface area contributed by atoms with Gasteiger partial charge in [0.2, 0.25) is 0 Å². The monoisotopic (exact) mass is 355 g/mol. The highest BCUT2D eigenvalue weighted by atomic mass is 32.2. The molecule has 0 aliphatic carbocycles. The van der Waals surface area contributed by atoms with Gasteiger partial charge in [0.1, 0.15) is 0 Å². The molecule has 0 N–H and O–H groups in total. The van der Waals surface area contributed by atoms with Crippen LogP contribution in [0.5, 0.6) is 11.5 Å². The largest absolute Gasteiger partial charge is 0.493 e. The molecule has 0 bridgehead atoms. The molecule has 0 unspecified atom stereocenters. The van der Waals surface area contributed by atoms with E-state index in [1.807, 2.05) is 26.0 Å². The van der Waals surface area contributed by atoms with Crippen LogP contribution >= 0.6 is 0 Å². The lowest BCUT2D eigenvalue weighted by atomic mass is 10.2. The molecule has 1 heterocycles. The molecule has 0 saturated carbocycles. The minimum absolute atomic E-state index is 0.0349. The molecule has 0 aromatic heterocycles. The summed E-state index contributed by atoms with van der Waals surface area (Å²) in [6, 6.07) is 5.23. The molecule has 2 atom stereocenters. The van der Waals surface area contributed by atoms with Crippen molar-refractivity contribution in [2.75, 3.05) is 25.2 Å². The molecule has 1 amide bonds. The summed E-state index contributed by atoms with van der Waals surface area (Å²) >= 11 is 0. The maximum atomic E-state index is 12.7. The lowest BCUT2D eigenvalue weighted by Crippen LogP contribution is -2.46. The third-order valence-corrected chi connectivity index (χ3v) is 5.99. The van der Waals surface area contributed by atoms with Crippen LogP contribution in [0.3, 0.4) is 0 Å². The molecule has 134 valence electrons. The van der Waals surface area contributed by atoms with Gasteiger partial charge in [-0.25, -0.2) is 8.42 Å². The lowest BCUT2D eigenvalue weighted by molar-refractivity contribution is -0.139. The average molecular weight is 355 g/mol. The molecule has 7 heteroatoms. The van der Waals surface area contributed by atoms with Gasteiger partial charge in [-0.05, 0) is 44.9 Å². The number of amides is 1. The van der Waals surface area contributed by atoms with E-state index in [9.17, 15) is 13.2 Å². The Hall–Kier alpha value is -1.76. The lowest BCUT2D eigenvalue weighted by Gasteiger charge is -2.29. The van der Waals surface area contributed by atoms with Crippen molar-refractivity contribution in [2.24, 2.45) is 0 Å². The predicted molar refractivity (Wildman–Crippen MR) is 92.3 cm³/mol. The Balaban J connectivity index is 2.11. The van der Waals surface area contributed by atoms with Crippen molar-refractivity contribution in [3.05, 3.63) is 23.8 Å². The second-order valence-corrected chi connectivity index (χ2v) is 8.32. The molecule has 6 nitrogen and oxygen atoms in total. The Morgan fingerprint density at radius 2 is 2.08 bits per heavy atom. The molecule has 24 heavy (non-hydrogen) atoms. The van der Waals surface area contributed by atoms with E-state index >= 15 is 0 Å². The van der Waals surface area contributed by atoms with Gasteiger partial charge in [-0.3, -0.25) is 4.79 Å². The van der Waals surface area contributed by atoms with Gasteiger partial charge < -0.3 is 14.4 Å². The summed E-state index contributed by atoms with van der Waals surface area (Å²) in [5.74, 6) is 1.04. The van der Waals surface area contributed by atoms with Crippen LogP contribution in [0.15, 0.2) is 18.2 Å². The van der Waals surface area contributed by atoms with Gasteiger partial charge in [0.05, 0.1) is 18.6 Å². The number of sulfone groups is 1. The molecule has 1 saturated heterocycles. The van der Waals surface area contributed by atoms with Gasteiger partial charge in [0, 0.05) is 12.6 Å². The molecule has 1 aliphatic heterocycles. The number of hydrogen-bond acceptors (Lipinski definition) is 5. The zero-order valence-electron chi connectivity index (χ0n) is 14.6. The van der Waals surface area contributed by atoms with Crippen molar-refractivity contribution >= 4 is 15.7 Å². The fourth-order valence-corrected chi connectivity index (χ4v) is 4.69. The standard InChI is InChI=1S/C17H25NO5S/c1-5-18(14-8-9-24(20,21)11-14)17(19)13(3)23-15-7-6-12(2)10-16(15)22-4/h6-7,10,13-14H,5,8-9,11H2,1-4H3/t13-,14+/m1/s1. The van der Waals surface area contributed by atoms with Gasteiger partial charge in [0.15, 0.2) is 27.4 Å². The summed E-state index contributed by atoms with van der Waals surface area (Å²) in [5, 5.41) is 0. The summed E-state index contributed by atoms with van der Waals surface area (Å²) in [4.78, 5) is 14.3. The molecule has 0 spiro atoms. The first-order chi connectivity index (χ1) is 11.3. The van der Waals surface area contributed by atoms with Crippen LogP contribution in [0.1, 0.15) is 25.8 Å². The zero-order valence-corrected chi connectivity index (χ0v) is 15.4. The minimum atomic E-state index is -3.04. The van der Waals surface area contributed by atoms with Crippen molar-refractivity contribution in [2.45, 2.75) is 39.3 Å². The van der Waals surface area contributed by atoms with E-state index in [1.165, 1.54) is 0 Å². The first-order valence-corrected chi connectivity index (χ1v) is 9.91. The molecule has 0 radical (unpaired) electrons. The van der Waals surface area contributed by atoms with E-state index < -0.39 is 15.9 Å². The van der Waals surface area contributed by atoms with Crippen LogP contribution in [0.25, 0.3) is 0 Å². The number of carbonyl (C=O) groups excluding carboxylic acids is 1. The summed E-state index contributed by atoms with van der Waals surface area (Å²) in [6.45, 7) is 5.92. The molecule has 1 aromatic rings. The van der Waals surface area contributed by atoms with E-state index in [4.69, 9.17) is 9.47 Å². The normalized spacial score (nSPS) is 20.4. The van der Waals surface area contributed by atoms with Crippen LogP contribution in [-0.4, -0.2) is 56.5 Å². The Kier molecular flexibility index (Phi) is 5.74. The Morgan fingerprint density at radius 3 is 2.62 bits per heavy atom. The molecule has 1 aromatic carbocycles. The van der Waals surface area contributed by atoms with Crippen molar-refractivity contribution in [3.63, 3.8) is 0 Å². The first kappa shape index (κ1) is 18.6. The molecular weight excluding hydrogens is 330 g/mol. The highest BCUT2D eigenvalue weighted by Crippen LogP contribution is 2.29. The van der Waals surface area contributed by atoms with Crippen molar-refractivity contribution in [3.8, 4) is 11.5 Å². The topological polar surface area (TPSA) is 72.9 Å². The summed E-state index contributed by atoms with van der Waals surface area (Å²) in [7, 11) is -1.49. The van der Waals surface area contributed by atoms with Crippen LogP contribution in [-0.2, 0) is 14.6 Å². The molecular formula is C17H25NO5S. The number of benzene rings is 1. The minimum Gasteiger partial charge on any atom is -0.493 e. The van der Waals surface area contributed by atoms with E-state index in [2.05, 4.69) is 0 Å². The van der Waals surface area contributed by atoms with Crippen LogP contribution in [0.2, 0.25) is 0 Å².